The van der Waals surface area contributed by atoms with Crippen molar-refractivity contribution < 1.29 is 9.94 Å². The Kier molecular flexibility index (Phi) is 5.55. The van der Waals surface area contributed by atoms with Crippen LogP contribution in [-0.2, 0) is 6.54 Å². The maximum Gasteiger partial charge on any atom is 0.170 e. The molecular weight excluding hydrogens is 274 g/mol. The fraction of sp³-hybridized carbons (Fsp3) is 0.500. The molecule has 0 radical (unpaired) electrons. The smallest absolute Gasteiger partial charge is 0.170 e. The highest BCUT2D eigenvalue weighted by Crippen LogP contribution is 2.23. The second-order valence-corrected chi connectivity index (χ2v) is 5.98. The van der Waals surface area contributed by atoms with Crippen molar-refractivity contribution in [2.24, 2.45) is 10.9 Å². The Morgan fingerprint density at radius 3 is 3.05 bits per heavy atom. The predicted octanol–water partition coefficient (Wildman–Crippen LogP) is 1.73. The molecule has 0 aromatic heterocycles. The van der Waals surface area contributed by atoms with E-state index in [-0.39, 0.29) is 5.84 Å². The molecule has 0 saturated carbocycles. The Morgan fingerprint density at radius 1 is 1.45 bits per heavy atom. The predicted molar refractivity (Wildman–Crippen MR) is 82.7 cm³/mol. The average Bonchev–Trinajstić information content (AvgIpc) is 2.75. The van der Waals surface area contributed by atoms with Crippen molar-refractivity contribution in [3.8, 4) is 5.75 Å². The number of oxime groups is 1. The number of thioether (sulfide) groups is 1. The van der Waals surface area contributed by atoms with Crippen LogP contribution in [0.5, 0.6) is 5.75 Å². The van der Waals surface area contributed by atoms with Crippen molar-refractivity contribution in [3.05, 3.63) is 29.3 Å². The first-order valence-corrected chi connectivity index (χ1v) is 7.85. The van der Waals surface area contributed by atoms with Crippen LogP contribution in [0.2, 0.25) is 0 Å². The molecule has 1 fully saturated rings. The number of rotatable bonds is 4. The number of hydrogen-bond acceptors (Lipinski definition) is 5. The van der Waals surface area contributed by atoms with Crippen LogP contribution in [0.1, 0.15) is 17.5 Å². The van der Waals surface area contributed by atoms with Crippen molar-refractivity contribution in [2.45, 2.75) is 13.0 Å². The summed E-state index contributed by atoms with van der Waals surface area (Å²) >= 11 is 2.01. The van der Waals surface area contributed by atoms with E-state index in [0.717, 1.165) is 30.9 Å². The lowest BCUT2D eigenvalue weighted by Gasteiger charge is -2.21. The zero-order valence-electron chi connectivity index (χ0n) is 11.7. The zero-order chi connectivity index (χ0) is 14.4. The zero-order valence-corrected chi connectivity index (χ0v) is 12.5. The number of nitrogens with zero attached hydrogens (tertiary/aromatic N) is 2. The summed E-state index contributed by atoms with van der Waals surface area (Å²) in [6.45, 7) is 3.02. The van der Waals surface area contributed by atoms with Gasteiger partial charge in [-0.2, -0.15) is 11.8 Å². The normalized spacial score (nSPS) is 17.8. The van der Waals surface area contributed by atoms with Crippen LogP contribution in [0.4, 0.5) is 0 Å². The number of hydrogen-bond donors (Lipinski definition) is 2. The third-order valence-electron chi connectivity index (χ3n) is 3.39. The molecular formula is C14H21N3O2S. The lowest BCUT2D eigenvalue weighted by atomic mass is 10.1. The third-order valence-corrected chi connectivity index (χ3v) is 4.44. The van der Waals surface area contributed by atoms with Gasteiger partial charge >= 0.3 is 0 Å². The van der Waals surface area contributed by atoms with Gasteiger partial charge in [0.25, 0.3) is 0 Å². The van der Waals surface area contributed by atoms with Crippen molar-refractivity contribution in [2.75, 3.05) is 31.7 Å². The lowest BCUT2D eigenvalue weighted by Crippen LogP contribution is -2.26. The Hall–Kier alpha value is -1.40. The largest absolute Gasteiger partial charge is 0.496 e. The third kappa shape index (κ3) is 3.80. The van der Waals surface area contributed by atoms with Gasteiger partial charge in [-0.25, -0.2) is 0 Å². The van der Waals surface area contributed by atoms with Crippen molar-refractivity contribution >= 4 is 17.6 Å². The van der Waals surface area contributed by atoms with Gasteiger partial charge in [0.15, 0.2) is 5.84 Å². The van der Waals surface area contributed by atoms with Gasteiger partial charge < -0.3 is 15.7 Å². The molecule has 0 atom stereocenters. The van der Waals surface area contributed by atoms with Gasteiger partial charge in [0, 0.05) is 30.0 Å². The molecule has 0 unspecified atom stereocenters. The van der Waals surface area contributed by atoms with Crippen LogP contribution in [0, 0.1) is 0 Å². The van der Waals surface area contributed by atoms with Crippen LogP contribution in [0.3, 0.4) is 0 Å². The molecule has 0 bridgehead atoms. The average molecular weight is 295 g/mol. The SMILES string of the molecule is COc1ccc(/C(N)=N/O)cc1CN1CCCSCC1. The number of amidine groups is 1. The molecule has 5 nitrogen and oxygen atoms in total. The standard InChI is InChI=1S/C14H21N3O2S/c1-19-13-4-3-11(14(15)16-18)9-12(13)10-17-5-2-7-20-8-6-17/h3-4,9,18H,2,5-8,10H2,1H3,(H2,15,16). The maximum absolute atomic E-state index is 8.78. The summed E-state index contributed by atoms with van der Waals surface area (Å²) in [6, 6.07) is 5.61. The monoisotopic (exact) mass is 295 g/mol. The van der Waals surface area contributed by atoms with Crippen molar-refractivity contribution in [3.63, 3.8) is 0 Å². The molecule has 3 N–H and O–H groups in total. The van der Waals surface area contributed by atoms with Crippen LogP contribution in [0.25, 0.3) is 0 Å². The minimum atomic E-state index is 0.125. The Bertz CT molecular complexity index is 471. The first-order chi connectivity index (χ1) is 9.74. The molecule has 6 heteroatoms. The summed E-state index contributed by atoms with van der Waals surface area (Å²) in [4.78, 5) is 2.42. The highest BCUT2D eigenvalue weighted by atomic mass is 32.2. The van der Waals surface area contributed by atoms with E-state index in [4.69, 9.17) is 15.7 Å². The van der Waals surface area contributed by atoms with Gasteiger partial charge in [-0.3, -0.25) is 4.90 Å². The van der Waals surface area contributed by atoms with Crippen LogP contribution in [-0.4, -0.2) is 47.6 Å². The summed E-state index contributed by atoms with van der Waals surface area (Å²) in [5, 5.41) is 11.8. The highest BCUT2D eigenvalue weighted by molar-refractivity contribution is 7.99. The topological polar surface area (TPSA) is 71.1 Å². The van der Waals surface area contributed by atoms with Gasteiger partial charge in [0.2, 0.25) is 0 Å². The van der Waals surface area contributed by atoms with E-state index in [2.05, 4.69) is 10.1 Å². The maximum atomic E-state index is 8.78. The van der Waals surface area contributed by atoms with E-state index >= 15 is 0 Å². The molecule has 1 aliphatic rings. The minimum absolute atomic E-state index is 0.125. The van der Waals surface area contributed by atoms with Gasteiger partial charge in [0.05, 0.1) is 7.11 Å². The summed E-state index contributed by atoms with van der Waals surface area (Å²) < 4.78 is 5.41. The van der Waals surface area contributed by atoms with Crippen LogP contribution >= 0.6 is 11.8 Å². The summed E-state index contributed by atoms with van der Waals surface area (Å²) in [5.74, 6) is 3.37. The first-order valence-electron chi connectivity index (χ1n) is 6.69. The summed E-state index contributed by atoms with van der Waals surface area (Å²) in [5.41, 5.74) is 7.44. The quantitative estimate of drug-likeness (QED) is 0.383. The molecule has 110 valence electrons. The van der Waals surface area contributed by atoms with Crippen molar-refractivity contribution in [1.82, 2.24) is 4.90 Å². The minimum Gasteiger partial charge on any atom is -0.496 e. The molecule has 0 spiro atoms. The molecule has 1 aromatic rings. The summed E-state index contributed by atoms with van der Waals surface area (Å²) in [6.07, 6.45) is 1.22. The van der Waals surface area contributed by atoms with E-state index in [0.29, 0.717) is 5.56 Å². The molecule has 1 heterocycles. The van der Waals surface area contributed by atoms with E-state index in [9.17, 15) is 0 Å². The van der Waals surface area contributed by atoms with Gasteiger partial charge in [-0.15, -0.1) is 0 Å². The molecule has 0 aliphatic carbocycles. The number of methoxy groups -OCH3 is 1. The van der Waals surface area contributed by atoms with Crippen LogP contribution < -0.4 is 10.5 Å². The molecule has 2 rings (SSSR count). The molecule has 1 aliphatic heterocycles. The Labute approximate surface area is 123 Å². The number of ether oxygens (including phenoxy) is 1. The fourth-order valence-corrected chi connectivity index (χ4v) is 3.24. The Balaban J connectivity index is 2.19. The highest BCUT2D eigenvalue weighted by Gasteiger charge is 2.13. The lowest BCUT2D eigenvalue weighted by molar-refractivity contribution is 0.281. The fourth-order valence-electron chi connectivity index (χ4n) is 2.32. The van der Waals surface area contributed by atoms with Crippen molar-refractivity contribution in [1.29, 1.82) is 0 Å². The molecule has 1 saturated heterocycles. The molecule has 20 heavy (non-hydrogen) atoms. The van der Waals surface area contributed by atoms with E-state index in [1.165, 1.54) is 17.9 Å². The summed E-state index contributed by atoms with van der Waals surface area (Å²) in [7, 11) is 1.67. The van der Waals surface area contributed by atoms with E-state index in [1.807, 2.05) is 23.9 Å². The second-order valence-electron chi connectivity index (χ2n) is 4.75. The number of nitrogens with two attached hydrogens (primary N) is 1. The first kappa shape index (κ1) is 15.0. The van der Waals surface area contributed by atoms with Gasteiger partial charge in [-0.1, -0.05) is 5.16 Å². The second kappa shape index (κ2) is 7.40. The van der Waals surface area contributed by atoms with E-state index in [1.54, 1.807) is 13.2 Å². The van der Waals surface area contributed by atoms with Gasteiger partial charge in [0.1, 0.15) is 5.75 Å². The number of benzene rings is 1. The molecule has 0 amide bonds. The Morgan fingerprint density at radius 2 is 2.30 bits per heavy atom. The van der Waals surface area contributed by atoms with Gasteiger partial charge in [-0.05, 0) is 36.9 Å². The molecule has 1 aromatic carbocycles. The van der Waals surface area contributed by atoms with Crippen LogP contribution in [0.15, 0.2) is 23.4 Å². The van der Waals surface area contributed by atoms with E-state index < -0.39 is 0 Å².